The van der Waals surface area contributed by atoms with Crippen molar-refractivity contribution in [3.8, 4) is 0 Å². The van der Waals surface area contributed by atoms with Crippen molar-refractivity contribution in [3.63, 3.8) is 0 Å². The third-order valence-electron chi connectivity index (χ3n) is 2.39. The predicted octanol–water partition coefficient (Wildman–Crippen LogP) is 4.77. The van der Waals surface area contributed by atoms with Crippen LogP contribution in [-0.2, 0) is 0 Å². The molecule has 0 bridgehead atoms. The topological polar surface area (TPSA) is 3.24 Å². The van der Waals surface area contributed by atoms with Gasteiger partial charge in [0.15, 0.2) is 0 Å². The summed E-state index contributed by atoms with van der Waals surface area (Å²) in [5.74, 6) is 0. The summed E-state index contributed by atoms with van der Waals surface area (Å²) in [7, 11) is 2.07. The lowest BCUT2D eigenvalue weighted by atomic mass is 9.91. The molecule has 0 aromatic carbocycles. The molecule has 1 heteroatoms. The second-order valence-electron chi connectivity index (χ2n) is 3.61. The first-order valence-corrected chi connectivity index (χ1v) is 6.64. The maximum Gasteiger partial charge on any atom is 0.0240 e. The van der Waals surface area contributed by atoms with Crippen molar-refractivity contribution in [2.24, 2.45) is 0 Å². The Hall–Kier alpha value is -1.34. The van der Waals surface area contributed by atoms with Crippen LogP contribution >= 0.6 is 0 Å². The molecule has 18 heavy (non-hydrogen) atoms. The van der Waals surface area contributed by atoms with Gasteiger partial charge in [-0.2, -0.15) is 0 Å². The minimum Gasteiger partial charge on any atom is -0.298 e. The zero-order valence-corrected chi connectivity index (χ0v) is 12.8. The molecular formula is C17H29N. The molecule has 1 heterocycles. The fourth-order valence-electron chi connectivity index (χ4n) is 1.76. The average Bonchev–Trinajstić information content (AvgIpc) is 2.41. The van der Waals surface area contributed by atoms with E-state index in [1.807, 2.05) is 33.8 Å². The van der Waals surface area contributed by atoms with Crippen LogP contribution in [-0.4, -0.2) is 25.0 Å². The van der Waals surface area contributed by atoms with Gasteiger partial charge in [0.05, 0.1) is 0 Å². The van der Waals surface area contributed by atoms with Crippen LogP contribution in [0.1, 0.15) is 27.7 Å². The van der Waals surface area contributed by atoms with Gasteiger partial charge in [0.1, 0.15) is 0 Å². The molecule has 1 rings (SSSR count). The summed E-state index contributed by atoms with van der Waals surface area (Å²) in [6, 6.07) is 0. The lowest BCUT2D eigenvalue weighted by molar-refractivity contribution is 0.387. The molecule has 0 radical (unpaired) electrons. The van der Waals surface area contributed by atoms with Crippen LogP contribution < -0.4 is 0 Å². The summed E-state index contributed by atoms with van der Waals surface area (Å²) in [5.41, 5.74) is 4.36. The van der Waals surface area contributed by atoms with Crippen molar-refractivity contribution in [2.75, 3.05) is 20.1 Å². The van der Waals surface area contributed by atoms with Crippen molar-refractivity contribution in [3.05, 3.63) is 60.8 Å². The first kappa shape index (κ1) is 19.0. The van der Waals surface area contributed by atoms with Crippen LogP contribution in [0, 0.1) is 0 Å². The molecule has 0 saturated carbocycles. The Morgan fingerprint density at radius 2 is 1.61 bits per heavy atom. The van der Waals surface area contributed by atoms with Gasteiger partial charge in [0.2, 0.25) is 0 Å². The number of hydrogen-bond donors (Lipinski definition) is 0. The first-order chi connectivity index (χ1) is 8.60. The molecular weight excluding hydrogens is 218 g/mol. The SMILES string of the molecule is C=CC(=C)C1=C(C=C)CN(C)CC1=C.CC.CC. The van der Waals surface area contributed by atoms with E-state index in [0.717, 1.165) is 29.8 Å². The Morgan fingerprint density at radius 1 is 1.11 bits per heavy atom. The van der Waals surface area contributed by atoms with Crippen molar-refractivity contribution in [1.82, 2.24) is 4.90 Å². The molecule has 0 unspecified atom stereocenters. The minimum absolute atomic E-state index is 0.888. The van der Waals surface area contributed by atoms with Gasteiger partial charge in [-0.05, 0) is 29.3 Å². The predicted molar refractivity (Wildman–Crippen MR) is 85.9 cm³/mol. The Kier molecular flexibility index (Phi) is 11.4. The zero-order valence-electron chi connectivity index (χ0n) is 12.8. The fourth-order valence-corrected chi connectivity index (χ4v) is 1.76. The van der Waals surface area contributed by atoms with Gasteiger partial charge >= 0.3 is 0 Å². The molecule has 0 N–H and O–H groups in total. The molecule has 0 atom stereocenters. The Labute approximate surface area is 114 Å². The third-order valence-corrected chi connectivity index (χ3v) is 2.39. The van der Waals surface area contributed by atoms with Gasteiger partial charge in [0, 0.05) is 13.1 Å². The highest BCUT2D eigenvalue weighted by Crippen LogP contribution is 2.27. The molecule has 1 nitrogen and oxygen atoms in total. The van der Waals surface area contributed by atoms with Gasteiger partial charge < -0.3 is 0 Å². The quantitative estimate of drug-likeness (QED) is 0.650. The number of rotatable bonds is 3. The lowest BCUT2D eigenvalue weighted by Gasteiger charge is -2.28. The summed E-state index contributed by atoms with van der Waals surface area (Å²) in [6.07, 6.45) is 3.65. The van der Waals surface area contributed by atoms with E-state index in [-0.39, 0.29) is 0 Å². The van der Waals surface area contributed by atoms with E-state index in [2.05, 4.69) is 38.3 Å². The molecule has 0 saturated heterocycles. The number of likely N-dealkylation sites (N-methyl/N-ethyl adjacent to an activating group) is 1. The maximum atomic E-state index is 4.06. The molecule has 0 aromatic rings. The van der Waals surface area contributed by atoms with E-state index in [9.17, 15) is 0 Å². The highest BCUT2D eigenvalue weighted by atomic mass is 15.1. The van der Waals surface area contributed by atoms with Crippen LogP contribution in [0.2, 0.25) is 0 Å². The molecule has 0 aromatic heterocycles. The summed E-state index contributed by atoms with van der Waals surface area (Å²) in [4.78, 5) is 2.21. The standard InChI is InChI=1S/C13H17N.2C2H6/c1-6-10(3)13-11(4)8-14(5)9-12(13)7-2;2*1-2/h6-7H,1-4,8-9H2,5H3;2*1-2H3. The smallest absolute Gasteiger partial charge is 0.0240 e. The van der Waals surface area contributed by atoms with E-state index >= 15 is 0 Å². The summed E-state index contributed by atoms with van der Waals surface area (Å²) < 4.78 is 0. The van der Waals surface area contributed by atoms with Gasteiger partial charge in [0.25, 0.3) is 0 Å². The van der Waals surface area contributed by atoms with E-state index in [1.165, 1.54) is 5.57 Å². The highest BCUT2D eigenvalue weighted by Gasteiger charge is 2.18. The van der Waals surface area contributed by atoms with Gasteiger partial charge in [-0.3, -0.25) is 4.90 Å². The highest BCUT2D eigenvalue weighted by molar-refractivity contribution is 5.56. The van der Waals surface area contributed by atoms with E-state index in [1.54, 1.807) is 6.08 Å². The second kappa shape index (κ2) is 10.8. The summed E-state index contributed by atoms with van der Waals surface area (Å²) >= 11 is 0. The second-order valence-corrected chi connectivity index (χ2v) is 3.61. The van der Waals surface area contributed by atoms with Crippen LogP contribution in [0.4, 0.5) is 0 Å². The van der Waals surface area contributed by atoms with Crippen LogP contribution in [0.15, 0.2) is 60.8 Å². The number of hydrogen-bond acceptors (Lipinski definition) is 1. The van der Waals surface area contributed by atoms with Crippen molar-refractivity contribution in [2.45, 2.75) is 27.7 Å². The fraction of sp³-hybridized carbons (Fsp3) is 0.412. The van der Waals surface area contributed by atoms with Gasteiger partial charge in [-0.15, -0.1) is 0 Å². The zero-order chi connectivity index (χ0) is 14.7. The number of nitrogens with zero attached hydrogens (tertiary/aromatic N) is 1. The Morgan fingerprint density at radius 3 is 2.00 bits per heavy atom. The molecule has 0 fully saturated rings. The average molecular weight is 247 g/mol. The molecule has 1 aliphatic heterocycles. The number of allylic oxidation sites excluding steroid dienone is 2. The monoisotopic (exact) mass is 247 g/mol. The molecule has 0 aliphatic carbocycles. The normalized spacial score (nSPS) is 14.8. The van der Waals surface area contributed by atoms with Crippen LogP contribution in [0.5, 0.6) is 0 Å². The van der Waals surface area contributed by atoms with Gasteiger partial charge in [-0.1, -0.05) is 66.2 Å². The van der Waals surface area contributed by atoms with Crippen LogP contribution in [0.25, 0.3) is 0 Å². The van der Waals surface area contributed by atoms with E-state index < -0.39 is 0 Å². The third kappa shape index (κ3) is 5.33. The first-order valence-electron chi connectivity index (χ1n) is 6.64. The van der Waals surface area contributed by atoms with Gasteiger partial charge in [-0.25, -0.2) is 0 Å². The van der Waals surface area contributed by atoms with E-state index in [0.29, 0.717) is 0 Å². The maximum absolute atomic E-state index is 4.06. The summed E-state index contributed by atoms with van der Waals surface area (Å²) in [6.45, 7) is 25.4. The van der Waals surface area contributed by atoms with Crippen molar-refractivity contribution < 1.29 is 0 Å². The molecule has 1 aliphatic rings. The minimum atomic E-state index is 0.888. The Bertz CT molecular complexity index is 332. The van der Waals surface area contributed by atoms with E-state index in [4.69, 9.17) is 0 Å². The summed E-state index contributed by atoms with van der Waals surface area (Å²) in [5, 5.41) is 0. The van der Waals surface area contributed by atoms with Crippen molar-refractivity contribution >= 4 is 0 Å². The molecule has 102 valence electrons. The largest absolute Gasteiger partial charge is 0.298 e. The van der Waals surface area contributed by atoms with Crippen LogP contribution in [0.3, 0.4) is 0 Å². The molecule has 0 spiro atoms. The van der Waals surface area contributed by atoms with Crippen molar-refractivity contribution in [1.29, 1.82) is 0 Å². The lowest BCUT2D eigenvalue weighted by Crippen LogP contribution is -2.29. The molecule has 0 amide bonds. The Balaban J connectivity index is 0.